The first kappa shape index (κ1) is 41.5. The van der Waals surface area contributed by atoms with Crippen LogP contribution in [-0.2, 0) is 10.8 Å². The van der Waals surface area contributed by atoms with E-state index in [1.54, 1.807) is 0 Å². The van der Waals surface area contributed by atoms with Crippen molar-refractivity contribution in [3.63, 3.8) is 0 Å². The molecule has 348 valence electrons. The number of aromatic nitrogens is 2. The van der Waals surface area contributed by atoms with E-state index in [1.807, 2.05) is 30.5 Å². The number of hydrogen-bond donors (Lipinski definition) is 0. The van der Waals surface area contributed by atoms with Crippen LogP contribution in [0, 0.1) is 0 Å². The number of hydrogen-bond acceptors (Lipinski definition) is 4. The van der Waals surface area contributed by atoms with Crippen LogP contribution in [-0.4, -0.2) is 9.97 Å². The molecule has 0 N–H and O–H groups in total. The van der Waals surface area contributed by atoms with Gasteiger partial charge in [-0.05, 0) is 132 Å². The molecule has 0 amide bonds. The zero-order chi connectivity index (χ0) is 49.2. The number of benzene rings is 11. The van der Waals surface area contributed by atoms with Crippen LogP contribution in [0.25, 0.3) is 143 Å². The molecule has 74 heavy (non-hydrogen) atoms. The van der Waals surface area contributed by atoms with E-state index < -0.39 is 0 Å². The van der Waals surface area contributed by atoms with Crippen molar-refractivity contribution in [3.8, 4) is 66.9 Å². The lowest BCUT2D eigenvalue weighted by atomic mass is 9.81. The fraction of sp³-hybridized carbons (Fsp3) is 0.0857. The van der Waals surface area contributed by atoms with E-state index in [1.165, 1.54) is 55.6 Å². The minimum atomic E-state index is -0.112. The second-order valence-electron chi connectivity index (χ2n) is 21.6. The minimum absolute atomic E-state index is 0.103. The highest BCUT2D eigenvalue weighted by molar-refractivity contribution is 6.25. The van der Waals surface area contributed by atoms with Crippen LogP contribution in [0.2, 0.25) is 0 Å². The third-order valence-corrected chi connectivity index (χ3v) is 16.9. The van der Waals surface area contributed by atoms with Gasteiger partial charge in [-0.3, -0.25) is 4.98 Å². The lowest BCUT2D eigenvalue weighted by Crippen LogP contribution is -2.14. The van der Waals surface area contributed by atoms with Gasteiger partial charge < -0.3 is 8.83 Å². The number of rotatable bonds is 4. The molecule has 0 unspecified atom stereocenters. The Kier molecular flexibility index (Phi) is 8.27. The maximum atomic E-state index is 6.78. The third kappa shape index (κ3) is 5.68. The van der Waals surface area contributed by atoms with Crippen molar-refractivity contribution >= 4 is 76.5 Å². The summed E-state index contributed by atoms with van der Waals surface area (Å²) >= 11 is 0. The monoisotopic (exact) mass is 946 g/mol. The molecular weight excluding hydrogens is 901 g/mol. The lowest BCUT2D eigenvalue weighted by Gasteiger charge is -2.22. The molecule has 11 aromatic carbocycles. The van der Waals surface area contributed by atoms with Gasteiger partial charge in [-0.2, -0.15) is 0 Å². The normalized spacial score (nSPS) is 14.2. The van der Waals surface area contributed by atoms with Crippen LogP contribution in [0.5, 0.6) is 0 Å². The third-order valence-electron chi connectivity index (χ3n) is 16.9. The summed E-state index contributed by atoms with van der Waals surface area (Å²) in [7, 11) is 0. The molecule has 4 heteroatoms. The van der Waals surface area contributed by atoms with Gasteiger partial charge in [-0.1, -0.05) is 179 Å². The molecule has 0 fully saturated rings. The summed E-state index contributed by atoms with van der Waals surface area (Å²) in [6, 6.07) is 72.9. The highest BCUT2D eigenvalue weighted by Gasteiger charge is 2.37. The highest BCUT2D eigenvalue weighted by Crippen LogP contribution is 2.52. The second kappa shape index (κ2) is 14.7. The van der Waals surface area contributed by atoms with Crippen molar-refractivity contribution in [1.82, 2.24) is 9.97 Å². The lowest BCUT2D eigenvalue weighted by molar-refractivity contribution is 0.660. The fourth-order valence-corrected chi connectivity index (χ4v) is 13.2. The van der Waals surface area contributed by atoms with Gasteiger partial charge in [0.05, 0.1) is 22.9 Å². The molecular formula is C70H46N2O2. The molecule has 0 aliphatic heterocycles. The Bertz CT molecular complexity index is 4790. The summed E-state index contributed by atoms with van der Waals surface area (Å²) in [6.07, 6.45) is 1.96. The summed E-state index contributed by atoms with van der Waals surface area (Å²) < 4.78 is 13.4. The van der Waals surface area contributed by atoms with Gasteiger partial charge in [0.2, 0.25) is 0 Å². The largest absolute Gasteiger partial charge is 0.456 e. The first-order valence-electron chi connectivity index (χ1n) is 25.7. The van der Waals surface area contributed by atoms with Gasteiger partial charge >= 0.3 is 0 Å². The van der Waals surface area contributed by atoms with Crippen molar-refractivity contribution in [2.45, 2.75) is 38.5 Å². The summed E-state index contributed by atoms with van der Waals surface area (Å²) in [5.41, 5.74) is 24.1. The maximum Gasteiger partial charge on any atom is 0.144 e. The smallest absolute Gasteiger partial charge is 0.144 e. The van der Waals surface area contributed by atoms with Gasteiger partial charge in [-0.15, -0.1) is 0 Å². The first-order chi connectivity index (χ1) is 36.2. The number of fused-ring (bicyclic) bond motifs is 18. The van der Waals surface area contributed by atoms with Gasteiger partial charge in [-0.25, -0.2) is 4.98 Å². The Morgan fingerprint density at radius 1 is 0.338 bits per heavy atom. The Labute approximate surface area is 427 Å². The molecule has 0 saturated carbocycles. The van der Waals surface area contributed by atoms with E-state index in [9.17, 15) is 0 Å². The second-order valence-corrected chi connectivity index (χ2v) is 21.6. The van der Waals surface area contributed by atoms with E-state index in [0.717, 1.165) is 110 Å². The van der Waals surface area contributed by atoms with Crippen LogP contribution in [0.1, 0.15) is 49.9 Å². The summed E-state index contributed by atoms with van der Waals surface area (Å²) in [6.45, 7) is 9.39. The molecule has 0 saturated heterocycles. The molecule has 0 spiro atoms. The SMILES string of the molecule is CC1(C)c2ccccc2-c2ccc(-c3ccc4c5ccc(-c6ccc7c(c6)C(C)(C)c6ccccc6-7)cc5c5nc(-c6cccc(-c7c8oc9ccccc9c8cc8oc9ccccc9c78)c6)cnc5c4c3)cc21. The zero-order valence-corrected chi connectivity index (χ0v) is 41.3. The summed E-state index contributed by atoms with van der Waals surface area (Å²) in [5.74, 6) is 0. The van der Waals surface area contributed by atoms with Crippen molar-refractivity contribution in [1.29, 1.82) is 0 Å². The average molecular weight is 947 g/mol. The van der Waals surface area contributed by atoms with E-state index in [2.05, 4.69) is 204 Å². The van der Waals surface area contributed by atoms with Crippen LogP contribution < -0.4 is 0 Å². The van der Waals surface area contributed by atoms with Crippen molar-refractivity contribution < 1.29 is 8.83 Å². The van der Waals surface area contributed by atoms with Crippen LogP contribution >= 0.6 is 0 Å². The average Bonchev–Trinajstić information content (AvgIpc) is 4.17. The molecule has 2 aliphatic carbocycles. The summed E-state index contributed by atoms with van der Waals surface area (Å²) in [4.78, 5) is 11.1. The quantitative estimate of drug-likeness (QED) is 0.165. The zero-order valence-electron chi connectivity index (χ0n) is 41.3. The van der Waals surface area contributed by atoms with Gasteiger partial charge in [0.15, 0.2) is 0 Å². The Morgan fingerprint density at radius 2 is 0.865 bits per heavy atom. The van der Waals surface area contributed by atoms with Crippen LogP contribution in [0.15, 0.2) is 215 Å². The van der Waals surface area contributed by atoms with E-state index in [0.29, 0.717) is 0 Å². The standard InChI is InChI=1S/C70H46N2O2/c1-69(2)56-20-9-5-16-47(56)49-30-26-41(35-58(49)69)39-24-28-45-46-29-25-40(42-27-31-50-48-17-6-10-21-57(48)70(3,4)59(50)36-42)34-54(46)67-66(53(45)33-39)71-38-60(72-67)43-14-13-15-44(32-43)64-65-52-19-8-12-23-62(52)73-63(65)37-55-51-18-7-11-22-61(51)74-68(55)64/h5-38H,1-4H3. The van der Waals surface area contributed by atoms with E-state index in [-0.39, 0.29) is 10.8 Å². The van der Waals surface area contributed by atoms with Crippen molar-refractivity contribution in [2.75, 3.05) is 0 Å². The Hall–Kier alpha value is -9.12. The molecule has 0 atom stereocenters. The first-order valence-corrected chi connectivity index (χ1v) is 25.7. The van der Waals surface area contributed by atoms with Crippen LogP contribution in [0.3, 0.4) is 0 Å². The molecule has 0 radical (unpaired) electrons. The fourth-order valence-electron chi connectivity index (χ4n) is 13.2. The predicted molar refractivity (Wildman–Crippen MR) is 306 cm³/mol. The maximum absolute atomic E-state index is 6.78. The highest BCUT2D eigenvalue weighted by atomic mass is 16.3. The topological polar surface area (TPSA) is 52.1 Å². The molecule has 2 aliphatic rings. The Balaban J connectivity index is 0.904. The van der Waals surface area contributed by atoms with Gasteiger partial charge in [0.25, 0.3) is 0 Å². The minimum Gasteiger partial charge on any atom is -0.456 e. The summed E-state index contributed by atoms with van der Waals surface area (Å²) in [5, 5.41) is 8.62. The Morgan fingerprint density at radius 3 is 1.53 bits per heavy atom. The predicted octanol–water partition coefficient (Wildman–Crippen LogP) is 19.0. The molecule has 0 bridgehead atoms. The number of furan rings is 2. The number of para-hydroxylation sites is 2. The van der Waals surface area contributed by atoms with Gasteiger partial charge in [0, 0.05) is 54.3 Å². The number of nitrogens with zero attached hydrogens (tertiary/aromatic N) is 2. The molecule has 4 nitrogen and oxygen atoms in total. The molecule has 3 heterocycles. The molecule has 3 aromatic heterocycles. The van der Waals surface area contributed by atoms with E-state index in [4.69, 9.17) is 18.8 Å². The van der Waals surface area contributed by atoms with Crippen molar-refractivity contribution in [2.24, 2.45) is 0 Å². The van der Waals surface area contributed by atoms with Gasteiger partial charge in [0.1, 0.15) is 22.3 Å². The van der Waals surface area contributed by atoms with Crippen molar-refractivity contribution in [3.05, 3.63) is 229 Å². The van der Waals surface area contributed by atoms with Crippen LogP contribution in [0.4, 0.5) is 0 Å². The van der Waals surface area contributed by atoms with E-state index >= 15 is 0 Å². The molecule has 16 rings (SSSR count). The molecule has 14 aromatic rings.